The van der Waals surface area contributed by atoms with Crippen LogP contribution in [0.3, 0.4) is 0 Å². The topological polar surface area (TPSA) is 66.8 Å². The lowest BCUT2D eigenvalue weighted by Crippen LogP contribution is -2.56. The van der Waals surface area contributed by atoms with Crippen molar-refractivity contribution in [1.29, 1.82) is 0 Å². The first-order valence-electron chi connectivity index (χ1n) is 8.64. The van der Waals surface area contributed by atoms with E-state index in [4.69, 9.17) is 4.74 Å². The Morgan fingerprint density at radius 2 is 2.16 bits per heavy atom. The van der Waals surface area contributed by atoms with Crippen molar-refractivity contribution < 1.29 is 14.3 Å². The molecule has 7 nitrogen and oxygen atoms in total. The van der Waals surface area contributed by atoms with Crippen molar-refractivity contribution in [3.05, 3.63) is 36.0 Å². The van der Waals surface area contributed by atoms with E-state index in [0.29, 0.717) is 32.8 Å². The molecule has 3 heterocycles. The summed E-state index contributed by atoms with van der Waals surface area (Å²) in [7, 11) is 0. The number of urea groups is 1. The zero-order chi connectivity index (χ0) is 17.4. The molecule has 1 aromatic heterocycles. The molecule has 0 aliphatic carbocycles. The molecule has 1 unspecified atom stereocenters. The molecule has 4 rings (SSSR count). The Morgan fingerprint density at radius 1 is 1.32 bits per heavy atom. The Bertz CT molecular complexity index is 816. The molecule has 2 saturated heterocycles. The van der Waals surface area contributed by atoms with Gasteiger partial charge in [-0.05, 0) is 24.4 Å². The molecule has 25 heavy (non-hydrogen) atoms. The van der Waals surface area contributed by atoms with Crippen LogP contribution in [0.2, 0.25) is 0 Å². The van der Waals surface area contributed by atoms with Gasteiger partial charge in [-0.3, -0.25) is 4.90 Å². The van der Waals surface area contributed by atoms with Gasteiger partial charge >= 0.3 is 12.1 Å². The fraction of sp³-hybridized carbons (Fsp3) is 0.444. The van der Waals surface area contributed by atoms with Crippen LogP contribution in [-0.4, -0.2) is 65.3 Å². The van der Waals surface area contributed by atoms with Crippen LogP contribution in [0.4, 0.5) is 9.59 Å². The van der Waals surface area contributed by atoms with Crippen LogP contribution in [0.15, 0.2) is 30.3 Å². The van der Waals surface area contributed by atoms with E-state index in [1.165, 1.54) is 16.6 Å². The first kappa shape index (κ1) is 15.8. The number of hydrogen-bond acceptors (Lipinski definition) is 3. The number of ether oxygens (including phenoxy) is 1. The Labute approximate surface area is 146 Å². The largest absolute Gasteiger partial charge is 0.447 e. The maximum atomic E-state index is 12.4. The first-order valence-corrected chi connectivity index (χ1v) is 8.64. The third-order valence-electron chi connectivity index (χ3n) is 5.03. The number of aromatic nitrogens is 1. The highest BCUT2D eigenvalue weighted by Gasteiger charge is 2.38. The third kappa shape index (κ3) is 2.90. The fourth-order valence-corrected chi connectivity index (χ4v) is 3.70. The van der Waals surface area contributed by atoms with Gasteiger partial charge in [0.15, 0.2) is 0 Å². The molecule has 2 aliphatic rings. The molecule has 3 amide bonds. The molecular weight excluding hydrogens is 320 g/mol. The van der Waals surface area contributed by atoms with Gasteiger partial charge in [0.1, 0.15) is 6.61 Å². The van der Waals surface area contributed by atoms with Crippen LogP contribution in [0, 0.1) is 6.92 Å². The standard InChI is InChI=1S/C18H22N4O3/c1-13-10-14-4-2-3-5-16(14)21(13)7-6-19-17(23)20-8-9-22-15(11-20)12-25-18(22)24/h2-5,10,15H,6-9,11-12H2,1H3,(H,19,23). The van der Waals surface area contributed by atoms with Crippen molar-refractivity contribution in [2.45, 2.75) is 19.5 Å². The smallest absolute Gasteiger partial charge is 0.410 e. The summed E-state index contributed by atoms with van der Waals surface area (Å²) in [5, 5.41) is 4.21. The van der Waals surface area contributed by atoms with Gasteiger partial charge in [-0.1, -0.05) is 18.2 Å². The Kier molecular flexibility index (Phi) is 3.99. The highest BCUT2D eigenvalue weighted by molar-refractivity contribution is 5.81. The molecule has 0 saturated carbocycles. The van der Waals surface area contributed by atoms with E-state index >= 15 is 0 Å². The second-order valence-corrected chi connectivity index (χ2v) is 6.60. The molecule has 132 valence electrons. The molecule has 1 aromatic carbocycles. The Balaban J connectivity index is 1.33. The minimum absolute atomic E-state index is 0.0114. The minimum Gasteiger partial charge on any atom is -0.447 e. The van der Waals surface area contributed by atoms with Crippen molar-refractivity contribution in [2.24, 2.45) is 0 Å². The predicted octanol–water partition coefficient (Wildman–Crippen LogP) is 1.80. The monoisotopic (exact) mass is 342 g/mol. The van der Waals surface area contributed by atoms with Crippen molar-refractivity contribution >= 4 is 23.0 Å². The molecule has 0 radical (unpaired) electrons. The molecule has 1 N–H and O–H groups in total. The second kappa shape index (κ2) is 6.31. The number of amides is 3. The van der Waals surface area contributed by atoms with Crippen LogP contribution in [0.25, 0.3) is 10.9 Å². The summed E-state index contributed by atoms with van der Waals surface area (Å²) in [4.78, 5) is 27.4. The summed E-state index contributed by atoms with van der Waals surface area (Å²) < 4.78 is 7.26. The van der Waals surface area contributed by atoms with Gasteiger partial charge in [-0.15, -0.1) is 0 Å². The number of carbonyl (C=O) groups excluding carboxylic acids is 2. The molecule has 0 spiro atoms. The Morgan fingerprint density at radius 3 is 3.04 bits per heavy atom. The van der Waals surface area contributed by atoms with E-state index in [0.717, 1.165) is 6.54 Å². The van der Waals surface area contributed by atoms with E-state index in [1.54, 1.807) is 9.80 Å². The maximum Gasteiger partial charge on any atom is 0.410 e. The van der Waals surface area contributed by atoms with Crippen molar-refractivity contribution in [1.82, 2.24) is 19.7 Å². The van der Waals surface area contributed by atoms with Crippen LogP contribution in [-0.2, 0) is 11.3 Å². The average Bonchev–Trinajstić information content (AvgIpc) is 3.15. The van der Waals surface area contributed by atoms with Crippen LogP contribution in [0.1, 0.15) is 5.69 Å². The van der Waals surface area contributed by atoms with E-state index in [9.17, 15) is 9.59 Å². The van der Waals surface area contributed by atoms with Gasteiger partial charge in [0, 0.05) is 43.9 Å². The zero-order valence-corrected chi connectivity index (χ0v) is 14.3. The summed E-state index contributed by atoms with van der Waals surface area (Å²) in [5.41, 5.74) is 2.37. The third-order valence-corrected chi connectivity index (χ3v) is 5.03. The van der Waals surface area contributed by atoms with E-state index in [2.05, 4.69) is 35.0 Å². The predicted molar refractivity (Wildman–Crippen MR) is 93.5 cm³/mol. The molecule has 7 heteroatoms. The van der Waals surface area contributed by atoms with E-state index in [-0.39, 0.29) is 18.2 Å². The number of carbonyl (C=O) groups is 2. The number of piperazine rings is 1. The molecule has 2 fully saturated rings. The van der Waals surface area contributed by atoms with Crippen molar-refractivity contribution in [3.63, 3.8) is 0 Å². The highest BCUT2D eigenvalue weighted by Crippen LogP contribution is 2.19. The fourth-order valence-electron chi connectivity index (χ4n) is 3.70. The summed E-state index contributed by atoms with van der Waals surface area (Å²) >= 11 is 0. The van der Waals surface area contributed by atoms with Gasteiger partial charge in [0.2, 0.25) is 0 Å². The van der Waals surface area contributed by atoms with Crippen molar-refractivity contribution in [2.75, 3.05) is 32.8 Å². The number of cyclic esters (lactones) is 1. The highest BCUT2D eigenvalue weighted by atomic mass is 16.6. The number of aryl methyl sites for hydroxylation is 1. The number of benzene rings is 1. The lowest BCUT2D eigenvalue weighted by molar-refractivity contribution is 0.127. The quantitative estimate of drug-likeness (QED) is 0.925. The molecular formula is C18H22N4O3. The zero-order valence-electron chi connectivity index (χ0n) is 14.3. The number of fused-ring (bicyclic) bond motifs is 2. The molecule has 1 atom stereocenters. The molecule has 2 aliphatic heterocycles. The van der Waals surface area contributed by atoms with Crippen LogP contribution >= 0.6 is 0 Å². The number of nitrogens with zero attached hydrogens (tertiary/aromatic N) is 3. The molecule has 2 aromatic rings. The average molecular weight is 342 g/mol. The van der Waals surface area contributed by atoms with E-state index in [1.807, 2.05) is 12.1 Å². The first-order chi connectivity index (χ1) is 12.1. The lowest BCUT2D eigenvalue weighted by Gasteiger charge is -2.35. The number of rotatable bonds is 3. The number of para-hydroxylation sites is 1. The van der Waals surface area contributed by atoms with Gasteiger partial charge < -0.3 is 19.5 Å². The van der Waals surface area contributed by atoms with Gasteiger partial charge in [-0.2, -0.15) is 0 Å². The Hall–Kier alpha value is -2.70. The van der Waals surface area contributed by atoms with E-state index < -0.39 is 0 Å². The minimum atomic E-state index is -0.264. The summed E-state index contributed by atoms with van der Waals surface area (Å²) in [5.74, 6) is 0. The second-order valence-electron chi connectivity index (χ2n) is 6.60. The normalized spacial score (nSPS) is 19.9. The van der Waals surface area contributed by atoms with Crippen molar-refractivity contribution in [3.8, 4) is 0 Å². The lowest BCUT2D eigenvalue weighted by atomic mass is 10.2. The summed E-state index contributed by atoms with van der Waals surface area (Å²) in [6.45, 7) is 5.37. The molecule has 0 bridgehead atoms. The van der Waals surface area contributed by atoms with Crippen LogP contribution < -0.4 is 5.32 Å². The SMILES string of the molecule is Cc1cc2ccccc2n1CCNC(=O)N1CCN2C(=O)OCC2C1. The van der Waals surface area contributed by atoms with Gasteiger partial charge in [0.25, 0.3) is 0 Å². The number of hydrogen-bond donors (Lipinski definition) is 1. The summed E-state index contributed by atoms with van der Waals surface area (Å²) in [6.07, 6.45) is -0.264. The maximum absolute atomic E-state index is 12.4. The van der Waals surface area contributed by atoms with Gasteiger partial charge in [0.05, 0.1) is 6.04 Å². The van der Waals surface area contributed by atoms with Crippen LogP contribution in [0.5, 0.6) is 0 Å². The van der Waals surface area contributed by atoms with Gasteiger partial charge in [-0.25, -0.2) is 9.59 Å². The number of nitrogens with one attached hydrogen (secondary N) is 1. The summed E-state index contributed by atoms with van der Waals surface area (Å²) in [6, 6.07) is 10.3.